The van der Waals surface area contributed by atoms with Gasteiger partial charge in [-0.05, 0) is 42.3 Å². The number of ether oxygens (including phenoxy) is 2. The van der Waals surface area contributed by atoms with Gasteiger partial charge in [0.25, 0.3) is 11.8 Å². The van der Waals surface area contributed by atoms with Crippen LogP contribution < -0.4 is 10.1 Å². The number of benzene rings is 3. The summed E-state index contributed by atoms with van der Waals surface area (Å²) < 4.78 is 10.6. The maximum Gasteiger partial charge on any atom is 0.341 e. The number of thiophene rings is 1. The van der Waals surface area contributed by atoms with Crippen LogP contribution in [0.1, 0.15) is 43.6 Å². The lowest BCUT2D eigenvalue weighted by Crippen LogP contribution is -2.48. The number of hydrogen-bond acceptors (Lipinski definition) is 7. The van der Waals surface area contributed by atoms with Crippen molar-refractivity contribution < 1.29 is 28.7 Å². The Morgan fingerprint density at radius 1 is 0.875 bits per heavy atom. The quantitative estimate of drug-likeness (QED) is 0.218. The van der Waals surface area contributed by atoms with Gasteiger partial charge in [0.1, 0.15) is 22.4 Å². The van der Waals surface area contributed by atoms with Crippen LogP contribution in [-0.4, -0.2) is 48.3 Å². The van der Waals surface area contributed by atoms with Gasteiger partial charge in [0.05, 0.1) is 24.8 Å². The average molecular weight is 555 g/mol. The molecule has 9 heteroatoms. The molecule has 0 bridgehead atoms. The zero-order chi connectivity index (χ0) is 28.2. The summed E-state index contributed by atoms with van der Waals surface area (Å²) in [6, 6.07) is 21.7. The average Bonchev–Trinajstić information content (AvgIpc) is 3.51. The zero-order valence-electron chi connectivity index (χ0n) is 21.9. The van der Waals surface area contributed by atoms with Crippen LogP contribution in [0, 0.1) is 0 Å². The van der Waals surface area contributed by atoms with Gasteiger partial charge in [-0.15, -0.1) is 11.3 Å². The summed E-state index contributed by atoms with van der Waals surface area (Å²) in [6.07, 6.45) is 0.101. The molecule has 0 saturated carbocycles. The predicted molar refractivity (Wildman–Crippen MR) is 152 cm³/mol. The van der Waals surface area contributed by atoms with E-state index in [9.17, 15) is 19.2 Å². The molecule has 1 unspecified atom stereocenters. The fraction of sp³-hybridized carbons (Fsp3) is 0.161. The normalized spacial score (nSPS) is 13.1. The molecule has 202 valence electrons. The van der Waals surface area contributed by atoms with Crippen molar-refractivity contribution in [2.24, 2.45) is 0 Å². The van der Waals surface area contributed by atoms with Crippen molar-refractivity contribution in [2.45, 2.75) is 19.4 Å². The van der Waals surface area contributed by atoms with E-state index in [-0.39, 0.29) is 34.7 Å². The van der Waals surface area contributed by atoms with Crippen molar-refractivity contribution in [2.75, 3.05) is 19.0 Å². The third kappa shape index (κ3) is 5.11. The Hall–Kier alpha value is -4.76. The number of fused-ring (bicyclic) bond motifs is 1. The van der Waals surface area contributed by atoms with Crippen LogP contribution in [0.2, 0.25) is 0 Å². The van der Waals surface area contributed by atoms with E-state index in [1.54, 1.807) is 55.8 Å². The number of carbonyl (C=O) groups is 4. The first-order chi connectivity index (χ1) is 19.4. The first-order valence-corrected chi connectivity index (χ1v) is 13.6. The van der Waals surface area contributed by atoms with E-state index in [2.05, 4.69) is 5.32 Å². The fourth-order valence-corrected chi connectivity index (χ4v) is 5.62. The second-order valence-corrected chi connectivity index (χ2v) is 9.90. The molecule has 0 spiro atoms. The third-order valence-corrected chi connectivity index (χ3v) is 7.52. The SMILES string of the molecule is CCOC(=O)c1c(-c2ccc(OC)cc2)csc1NC(=O)C(Cc1ccccc1)N1C(=O)c2ccccc2C1=O. The summed E-state index contributed by atoms with van der Waals surface area (Å²) in [7, 11) is 1.57. The highest BCUT2D eigenvalue weighted by atomic mass is 32.1. The number of imide groups is 1. The van der Waals surface area contributed by atoms with Crippen molar-refractivity contribution in [3.63, 3.8) is 0 Å². The molecule has 40 heavy (non-hydrogen) atoms. The van der Waals surface area contributed by atoms with Gasteiger partial charge in [0.15, 0.2) is 0 Å². The van der Waals surface area contributed by atoms with Crippen molar-refractivity contribution in [3.8, 4) is 16.9 Å². The van der Waals surface area contributed by atoms with Gasteiger partial charge in [-0.1, -0.05) is 54.6 Å². The summed E-state index contributed by atoms with van der Waals surface area (Å²) in [5.41, 5.74) is 2.80. The third-order valence-electron chi connectivity index (χ3n) is 6.62. The van der Waals surface area contributed by atoms with Crippen LogP contribution in [-0.2, 0) is 16.0 Å². The van der Waals surface area contributed by atoms with E-state index in [4.69, 9.17) is 9.47 Å². The summed E-state index contributed by atoms with van der Waals surface area (Å²) in [5.74, 6) is -1.59. The zero-order valence-corrected chi connectivity index (χ0v) is 22.7. The number of methoxy groups -OCH3 is 1. The lowest BCUT2D eigenvalue weighted by atomic mass is 10.0. The van der Waals surface area contributed by atoms with Gasteiger partial charge in [0.2, 0.25) is 5.91 Å². The molecule has 0 saturated heterocycles. The molecule has 8 nitrogen and oxygen atoms in total. The molecule has 0 radical (unpaired) electrons. The molecular formula is C31H26N2O6S. The summed E-state index contributed by atoms with van der Waals surface area (Å²) in [4.78, 5) is 54.7. The molecule has 1 N–H and O–H groups in total. The number of nitrogens with zero attached hydrogens (tertiary/aromatic N) is 1. The molecule has 4 aromatic rings. The smallest absolute Gasteiger partial charge is 0.341 e. The molecule has 1 aliphatic heterocycles. The van der Waals surface area contributed by atoms with Gasteiger partial charge in [0, 0.05) is 17.4 Å². The number of rotatable bonds is 9. The Bertz CT molecular complexity index is 1540. The Labute approximate surface area is 235 Å². The summed E-state index contributed by atoms with van der Waals surface area (Å²) in [5, 5.41) is 4.86. The Balaban J connectivity index is 1.51. The largest absolute Gasteiger partial charge is 0.497 e. The minimum absolute atomic E-state index is 0.101. The first kappa shape index (κ1) is 26.8. The highest BCUT2D eigenvalue weighted by Gasteiger charge is 2.43. The molecule has 1 aliphatic rings. The molecule has 0 aliphatic carbocycles. The van der Waals surface area contributed by atoms with Crippen LogP contribution in [0.5, 0.6) is 5.75 Å². The number of carbonyl (C=O) groups excluding carboxylic acids is 4. The summed E-state index contributed by atoms with van der Waals surface area (Å²) in [6.45, 7) is 1.85. The number of nitrogens with one attached hydrogen (secondary N) is 1. The molecular weight excluding hydrogens is 528 g/mol. The highest BCUT2D eigenvalue weighted by Crippen LogP contribution is 2.37. The van der Waals surface area contributed by atoms with Crippen LogP contribution in [0.15, 0.2) is 84.2 Å². The van der Waals surface area contributed by atoms with Gasteiger partial charge in [-0.3, -0.25) is 19.3 Å². The van der Waals surface area contributed by atoms with Crippen molar-refractivity contribution in [3.05, 3.63) is 106 Å². The van der Waals surface area contributed by atoms with Gasteiger partial charge < -0.3 is 14.8 Å². The van der Waals surface area contributed by atoms with Crippen LogP contribution in [0.3, 0.4) is 0 Å². The Kier molecular flexibility index (Phi) is 7.75. The van der Waals surface area contributed by atoms with E-state index in [1.807, 2.05) is 42.5 Å². The number of anilines is 1. The maximum atomic E-state index is 13.9. The minimum atomic E-state index is -1.16. The summed E-state index contributed by atoms with van der Waals surface area (Å²) >= 11 is 1.17. The van der Waals surface area contributed by atoms with Gasteiger partial charge in [-0.25, -0.2) is 4.79 Å². The molecule has 2 heterocycles. The van der Waals surface area contributed by atoms with E-state index < -0.39 is 29.7 Å². The Morgan fingerprint density at radius 2 is 1.50 bits per heavy atom. The first-order valence-electron chi connectivity index (χ1n) is 12.7. The molecule has 1 atom stereocenters. The number of hydrogen-bond donors (Lipinski definition) is 1. The highest BCUT2D eigenvalue weighted by molar-refractivity contribution is 7.15. The molecule has 0 fully saturated rings. The minimum Gasteiger partial charge on any atom is -0.497 e. The van der Waals surface area contributed by atoms with Gasteiger partial charge in [-0.2, -0.15) is 0 Å². The second-order valence-electron chi connectivity index (χ2n) is 9.02. The molecule has 5 rings (SSSR count). The molecule has 3 aromatic carbocycles. The van der Waals surface area contributed by atoms with Crippen LogP contribution >= 0.6 is 11.3 Å². The second kappa shape index (κ2) is 11.5. The van der Waals surface area contributed by atoms with Gasteiger partial charge >= 0.3 is 5.97 Å². The van der Waals surface area contributed by atoms with E-state index >= 15 is 0 Å². The fourth-order valence-electron chi connectivity index (χ4n) is 4.66. The lowest BCUT2D eigenvalue weighted by Gasteiger charge is -2.25. The Morgan fingerprint density at radius 3 is 2.10 bits per heavy atom. The predicted octanol–water partition coefficient (Wildman–Crippen LogP) is 5.45. The maximum absolute atomic E-state index is 13.9. The number of amides is 3. The van der Waals surface area contributed by atoms with Crippen LogP contribution in [0.4, 0.5) is 5.00 Å². The standard InChI is InChI=1S/C31H26N2O6S/c1-3-39-31(37)26-24(20-13-15-21(38-2)16-14-20)18-40-28(26)32-27(34)25(17-19-9-5-4-6-10-19)33-29(35)22-11-7-8-12-23(22)30(33)36/h4-16,18,25H,3,17H2,1-2H3,(H,32,34). The lowest BCUT2D eigenvalue weighted by molar-refractivity contribution is -0.119. The molecule has 1 aromatic heterocycles. The van der Waals surface area contributed by atoms with E-state index in [0.717, 1.165) is 16.0 Å². The molecule has 3 amide bonds. The monoisotopic (exact) mass is 554 g/mol. The van der Waals surface area contributed by atoms with Crippen LogP contribution in [0.25, 0.3) is 11.1 Å². The number of esters is 1. The topological polar surface area (TPSA) is 102 Å². The van der Waals surface area contributed by atoms with Crippen molar-refractivity contribution in [1.29, 1.82) is 0 Å². The van der Waals surface area contributed by atoms with Crippen molar-refractivity contribution >= 4 is 40.0 Å². The van der Waals surface area contributed by atoms with Crippen molar-refractivity contribution in [1.82, 2.24) is 4.90 Å². The van der Waals surface area contributed by atoms with E-state index in [0.29, 0.717) is 11.3 Å². The van der Waals surface area contributed by atoms with E-state index in [1.165, 1.54) is 11.3 Å².